The van der Waals surface area contributed by atoms with Gasteiger partial charge in [0.1, 0.15) is 33.9 Å². The molecular weight excluding hydrogens is 546 g/mol. The number of imidazole rings is 1. The first-order valence-corrected chi connectivity index (χ1v) is 14.8. The fourth-order valence-electron chi connectivity index (χ4n) is 5.47. The number of nitriles is 1. The van der Waals surface area contributed by atoms with Crippen LogP contribution in [0.3, 0.4) is 0 Å². The van der Waals surface area contributed by atoms with E-state index in [0.29, 0.717) is 36.5 Å². The lowest BCUT2D eigenvalue weighted by atomic mass is 9.97. The number of benzene rings is 1. The van der Waals surface area contributed by atoms with Crippen LogP contribution >= 0.6 is 11.3 Å². The molecule has 1 saturated heterocycles. The molecule has 1 aromatic carbocycles. The van der Waals surface area contributed by atoms with E-state index in [1.807, 2.05) is 67.5 Å². The molecule has 5 heterocycles. The molecule has 0 atom stereocenters. The monoisotopic (exact) mass is 577 g/mol. The summed E-state index contributed by atoms with van der Waals surface area (Å²) in [5.74, 6) is 0.791. The van der Waals surface area contributed by atoms with Crippen LogP contribution in [0.15, 0.2) is 60.9 Å². The number of carboxylic acids is 1. The van der Waals surface area contributed by atoms with E-state index in [4.69, 9.17) is 15.0 Å². The topological polar surface area (TPSA) is 111 Å². The van der Waals surface area contributed by atoms with E-state index < -0.39 is 5.97 Å². The molecule has 1 aliphatic rings. The van der Waals surface area contributed by atoms with Crippen LogP contribution in [0, 0.1) is 24.2 Å². The molecule has 0 spiro atoms. The van der Waals surface area contributed by atoms with Gasteiger partial charge in [-0.25, -0.2) is 15.0 Å². The van der Waals surface area contributed by atoms with Crippen LogP contribution in [0.25, 0.3) is 28.0 Å². The molecular formula is C32H31N7O2S. The maximum atomic E-state index is 11.3. The minimum Gasteiger partial charge on any atom is -0.481 e. The standard InChI is InChI=1S/C32H31N7O2S/c1-4-25-30(37(3)32-36-29(26(17-33)42-32)21-7-5-20(2)6-8-21)39-19-24(10-12-28(39)35-25)23-9-11-27(34-18-23)38-15-13-22(14-16-38)31(40)41/h5-12,18-19,22H,4,13-16H2,1-3H3,(H,40,41). The third-order valence-corrected chi connectivity index (χ3v) is 8.93. The van der Waals surface area contributed by atoms with E-state index in [0.717, 1.165) is 56.8 Å². The molecule has 0 saturated carbocycles. The Labute approximate surface area is 248 Å². The van der Waals surface area contributed by atoms with Crippen molar-refractivity contribution in [3.63, 3.8) is 0 Å². The molecule has 10 heteroatoms. The number of aromatic nitrogens is 4. The van der Waals surface area contributed by atoms with Gasteiger partial charge in [-0.05, 0) is 50.5 Å². The van der Waals surface area contributed by atoms with Crippen LogP contribution in [-0.2, 0) is 11.2 Å². The van der Waals surface area contributed by atoms with Crippen LogP contribution in [0.5, 0.6) is 0 Å². The fourth-order valence-corrected chi connectivity index (χ4v) is 6.32. The highest BCUT2D eigenvalue weighted by Crippen LogP contribution is 2.37. The van der Waals surface area contributed by atoms with Gasteiger partial charge in [0, 0.05) is 49.2 Å². The maximum Gasteiger partial charge on any atom is 0.306 e. The summed E-state index contributed by atoms with van der Waals surface area (Å²) >= 11 is 1.38. The van der Waals surface area contributed by atoms with Crippen molar-refractivity contribution in [1.29, 1.82) is 5.26 Å². The summed E-state index contributed by atoms with van der Waals surface area (Å²) in [4.78, 5) is 30.6. The second-order valence-corrected chi connectivity index (χ2v) is 11.6. The summed E-state index contributed by atoms with van der Waals surface area (Å²) in [5.41, 5.74) is 6.52. The Morgan fingerprint density at radius 3 is 2.43 bits per heavy atom. The second kappa shape index (κ2) is 11.3. The normalized spacial score (nSPS) is 13.8. The van der Waals surface area contributed by atoms with E-state index in [9.17, 15) is 15.2 Å². The minimum absolute atomic E-state index is 0.271. The smallest absolute Gasteiger partial charge is 0.306 e. The van der Waals surface area contributed by atoms with E-state index >= 15 is 0 Å². The Morgan fingerprint density at radius 1 is 1.07 bits per heavy atom. The molecule has 0 bridgehead atoms. The number of anilines is 3. The number of fused-ring (bicyclic) bond motifs is 1. The molecule has 6 rings (SSSR count). The highest BCUT2D eigenvalue weighted by molar-refractivity contribution is 7.16. The zero-order valence-electron chi connectivity index (χ0n) is 23.8. The quantitative estimate of drug-likeness (QED) is 0.239. The highest BCUT2D eigenvalue weighted by atomic mass is 32.1. The number of nitrogens with zero attached hydrogens (tertiary/aromatic N) is 7. The molecule has 0 radical (unpaired) electrons. The average Bonchev–Trinajstić information content (AvgIpc) is 3.63. The summed E-state index contributed by atoms with van der Waals surface area (Å²) in [6, 6.07) is 18.5. The van der Waals surface area contributed by atoms with Crippen molar-refractivity contribution in [2.45, 2.75) is 33.1 Å². The van der Waals surface area contributed by atoms with Crippen LogP contribution in [0.1, 0.15) is 35.9 Å². The van der Waals surface area contributed by atoms with Crippen molar-refractivity contribution in [3.8, 4) is 28.5 Å². The predicted molar refractivity (Wildman–Crippen MR) is 165 cm³/mol. The molecule has 9 nitrogen and oxygen atoms in total. The molecule has 1 N–H and O–H groups in total. The number of piperidine rings is 1. The van der Waals surface area contributed by atoms with Crippen LogP contribution in [0.4, 0.5) is 16.8 Å². The third kappa shape index (κ3) is 5.08. The summed E-state index contributed by atoms with van der Waals surface area (Å²) in [6.07, 6.45) is 5.95. The van der Waals surface area contributed by atoms with Gasteiger partial charge in [0.05, 0.1) is 11.6 Å². The van der Waals surface area contributed by atoms with E-state index in [1.165, 1.54) is 11.3 Å². The predicted octanol–water partition coefficient (Wildman–Crippen LogP) is 6.33. The summed E-state index contributed by atoms with van der Waals surface area (Å²) in [5, 5.41) is 19.9. The van der Waals surface area contributed by atoms with Gasteiger partial charge in [-0.15, -0.1) is 0 Å². The fraction of sp³-hybridized carbons (Fsp3) is 0.281. The Bertz CT molecular complexity index is 1790. The maximum absolute atomic E-state index is 11.3. The Balaban J connectivity index is 1.31. The van der Waals surface area contributed by atoms with Crippen LogP contribution in [-0.4, -0.2) is 50.6 Å². The number of rotatable bonds is 7. The third-order valence-electron chi connectivity index (χ3n) is 7.89. The number of thiazole rings is 1. The summed E-state index contributed by atoms with van der Waals surface area (Å²) < 4.78 is 2.08. The zero-order chi connectivity index (χ0) is 29.4. The Hall–Kier alpha value is -4.75. The first-order valence-electron chi connectivity index (χ1n) is 14.0. The number of carboxylic acid groups (broad SMARTS) is 1. The lowest BCUT2D eigenvalue weighted by Gasteiger charge is -2.31. The van der Waals surface area contributed by atoms with Gasteiger partial charge in [-0.3, -0.25) is 9.20 Å². The van der Waals surface area contributed by atoms with Crippen molar-refractivity contribution in [2.24, 2.45) is 5.92 Å². The SMILES string of the molecule is CCc1nc2ccc(-c3ccc(N4CCC(C(=O)O)CC4)nc3)cn2c1N(C)c1nc(-c2ccc(C)cc2)c(C#N)s1. The molecule has 5 aromatic rings. The Kier molecular flexibility index (Phi) is 7.35. The van der Waals surface area contributed by atoms with E-state index in [2.05, 4.69) is 34.6 Å². The van der Waals surface area contributed by atoms with Gasteiger partial charge in [-0.1, -0.05) is 48.1 Å². The molecule has 1 aliphatic heterocycles. The molecule has 0 amide bonds. The van der Waals surface area contributed by atoms with E-state index in [-0.39, 0.29) is 5.92 Å². The lowest BCUT2D eigenvalue weighted by Crippen LogP contribution is -2.36. The van der Waals surface area contributed by atoms with Gasteiger partial charge < -0.3 is 14.9 Å². The second-order valence-electron chi connectivity index (χ2n) is 10.6. The average molecular weight is 578 g/mol. The first-order chi connectivity index (χ1) is 20.4. The van der Waals surface area contributed by atoms with E-state index in [1.54, 1.807) is 0 Å². The van der Waals surface area contributed by atoms with Gasteiger partial charge in [0.2, 0.25) is 0 Å². The number of aryl methyl sites for hydroxylation is 2. The van der Waals surface area contributed by atoms with Gasteiger partial charge >= 0.3 is 5.97 Å². The molecule has 212 valence electrons. The van der Waals surface area contributed by atoms with Crippen LogP contribution in [0.2, 0.25) is 0 Å². The number of aliphatic carboxylic acids is 1. The van der Waals surface area contributed by atoms with Crippen molar-refractivity contribution in [1.82, 2.24) is 19.4 Å². The van der Waals surface area contributed by atoms with Crippen LogP contribution < -0.4 is 9.80 Å². The number of hydrogen-bond donors (Lipinski definition) is 1. The molecule has 0 aliphatic carbocycles. The van der Waals surface area contributed by atoms with Crippen molar-refractivity contribution in [3.05, 3.63) is 77.1 Å². The van der Waals surface area contributed by atoms with Crippen molar-refractivity contribution in [2.75, 3.05) is 29.9 Å². The lowest BCUT2D eigenvalue weighted by molar-refractivity contribution is -0.142. The first kappa shape index (κ1) is 27.4. The number of hydrogen-bond acceptors (Lipinski definition) is 8. The number of pyridine rings is 2. The molecule has 1 fully saturated rings. The molecule has 4 aromatic heterocycles. The van der Waals surface area contributed by atoms with Crippen molar-refractivity contribution < 1.29 is 9.90 Å². The molecule has 42 heavy (non-hydrogen) atoms. The highest BCUT2D eigenvalue weighted by Gasteiger charge is 2.25. The number of carbonyl (C=O) groups is 1. The van der Waals surface area contributed by atoms with Crippen molar-refractivity contribution >= 4 is 39.7 Å². The van der Waals surface area contributed by atoms with Gasteiger partial charge in [0.15, 0.2) is 5.13 Å². The minimum atomic E-state index is -0.712. The summed E-state index contributed by atoms with van der Waals surface area (Å²) in [6.45, 7) is 5.51. The van der Waals surface area contributed by atoms with Gasteiger partial charge in [-0.2, -0.15) is 5.26 Å². The zero-order valence-corrected chi connectivity index (χ0v) is 24.6. The Morgan fingerprint density at radius 2 is 1.79 bits per heavy atom. The summed E-state index contributed by atoms with van der Waals surface area (Å²) in [7, 11) is 1.97. The van der Waals surface area contributed by atoms with Gasteiger partial charge in [0.25, 0.3) is 0 Å². The molecule has 0 unspecified atom stereocenters. The largest absolute Gasteiger partial charge is 0.481 e.